The highest BCUT2D eigenvalue weighted by Gasteiger charge is 2.44. The molecule has 2 aliphatic carbocycles. The van der Waals surface area contributed by atoms with Crippen LogP contribution < -0.4 is 5.32 Å². The molecule has 3 aliphatic rings. The van der Waals surface area contributed by atoms with Gasteiger partial charge in [0.1, 0.15) is 0 Å². The molecule has 2 saturated carbocycles. The monoisotopic (exact) mass is 323 g/mol. The van der Waals surface area contributed by atoms with Gasteiger partial charge in [0.2, 0.25) is 0 Å². The molecule has 1 spiro atoms. The lowest BCUT2D eigenvalue weighted by Crippen LogP contribution is -2.41. The molecule has 0 radical (unpaired) electrons. The zero-order valence-electron chi connectivity index (χ0n) is 15.5. The van der Waals surface area contributed by atoms with E-state index >= 15 is 0 Å². The second-order valence-electron chi connectivity index (χ2n) is 8.55. The van der Waals surface area contributed by atoms with Crippen LogP contribution in [0.5, 0.6) is 0 Å². The fraction of sp³-hybridized carbons (Fsp3) is 1.00. The molecule has 3 fully saturated rings. The van der Waals surface area contributed by atoms with E-state index < -0.39 is 0 Å². The van der Waals surface area contributed by atoms with Gasteiger partial charge in [0.05, 0.1) is 12.7 Å². The highest BCUT2D eigenvalue weighted by atomic mass is 16.7. The maximum absolute atomic E-state index is 6.38. The number of ether oxygens (including phenoxy) is 2. The topological polar surface area (TPSA) is 30.5 Å². The van der Waals surface area contributed by atoms with Crippen LogP contribution in [0.15, 0.2) is 0 Å². The van der Waals surface area contributed by atoms with Crippen LogP contribution in [0, 0.1) is 17.8 Å². The second-order valence-corrected chi connectivity index (χ2v) is 8.55. The van der Waals surface area contributed by atoms with Crippen molar-refractivity contribution in [3.05, 3.63) is 0 Å². The van der Waals surface area contributed by atoms with Crippen molar-refractivity contribution >= 4 is 0 Å². The van der Waals surface area contributed by atoms with Gasteiger partial charge < -0.3 is 14.8 Å². The van der Waals surface area contributed by atoms with Crippen molar-refractivity contribution in [3.8, 4) is 0 Å². The van der Waals surface area contributed by atoms with Crippen LogP contribution in [0.4, 0.5) is 0 Å². The molecule has 0 amide bonds. The molecule has 2 unspecified atom stereocenters. The molecule has 1 N–H and O–H groups in total. The van der Waals surface area contributed by atoms with E-state index in [1.807, 2.05) is 0 Å². The van der Waals surface area contributed by atoms with E-state index in [0.29, 0.717) is 6.04 Å². The van der Waals surface area contributed by atoms with E-state index in [9.17, 15) is 0 Å². The van der Waals surface area contributed by atoms with Crippen LogP contribution >= 0.6 is 0 Å². The minimum absolute atomic E-state index is 0.239. The minimum Gasteiger partial charge on any atom is -0.347 e. The van der Waals surface area contributed by atoms with Gasteiger partial charge >= 0.3 is 0 Å². The lowest BCUT2D eigenvalue weighted by molar-refractivity contribution is -0.194. The van der Waals surface area contributed by atoms with Gasteiger partial charge in [-0.15, -0.1) is 0 Å². The Labute approximate surface area is 142 Å². The largest absolute Gasteiger partial charge is 0.347 e. The molecule has 3 heteroatoms. The van der Waals surface area contributed by atoms with Crippen LogP contribution in [0.1, 0.15) is 78.6 Å². The third kappa shape index (κ3) is 4.49. The first-order chi connectivity index (χ1) is 11.1. The molecule has 3 nitrogen and oxygen atoms in total. The quantitative estimate of drug-likeness (QED) is 0.808. The van der Waals surface area contributed by atoms with Crippen LogP contribution in [0.2, 0.25) is 0 Å². The molecular weight excluding hydrogens is 286 g/mol. The van der Waals surface area contributed by atoms with Crippen LogP contribution in [0.25, 0.3) is 0 Å². The van der Waals surface area contributed by atoms with Crippen molar-refractivity contribution in [1.29, 1.82) is 0 Å². The molecule has 1 aliphatic heterocycles. The van der Waals surface area contributed by atoms with Crippen LogP contribution in [0.3, 0.4) is 0 Å². The zero-order chi connectivity index (χ0) is 16.3. The normalized spacial score (nSPS) is 42.9. The summed E-state index contributed by atoms with van der Waals surface area (Å²) in [5.41, 5.74) is 0. The Hall–Kier alpha value is -0.120. The molecule has 2 atom stereocenters. The summed E-state index contributed by atoms with van der Waals surface area (Å²) in [6.07, 6.45) is 11.7. The first-order valence-corrected chi connectivity index (χ1v) is 10.2. The van der Waals surface area contributed by atoms with Crippen molar-refractivity contribution in [2.24, 2.45) is 17.8 Å². The third-order valence-electron chi connectivity index (χ3n) is 6.80. The first kappa shape index (κ1) is 17.7. The maximum Gasteiger partial charge on any atom is 0.168 e. The lowest BCUT2D eigenvalue weighted by atomic mass is 9.77. The molecule has 1 saturated heterocycles. The number of rotatable bonds is 5. The van der Waals surface area contributed by atoms with Gasteiger partial charge in [-0.3, -0.25) is 0 Å². The smallest absolute Gasteiger partial charge is 0.168 e. The Morgan fingerprint density at radius 2 is 1.78 bits per heavy atom. The van der Waals surface area contributed by atoms with Gasteiger partial charge in [-0.1, -0.05) is 27.2 Å². The Morgan fingerprint density at radius 1 is 1.09 bits per heavy atom. The van der Waals surface area contributed by atoms with Crippen molar-refractivity contribution in [2.45, 2.75) is 96.5 Å². The highest BCUT2D eigenvalue weighted by molar-refractivity contribution is 4.87. The third-order valence-corrected chi connectivity index (χ3v) is 6.80. The summed E-state index contributed by atoms with van der Waals surface area (Å²) in [7, 11) is 0. The Balaban J connectivity index is 1.39. The Kier molecular flexibility index (Phi) is 6.03. The van der Waals surface area contributed by atoms with Crippen LogP contribution in [-0.2, 0) is 9.47 Å². The summed E-state index contributed by atoms with van der Waals surface area (Å²) in [5.74, 6) is 2.40. The summed E-state index contributed by atoms with van der Waals surface area (Å²) in [6, 6.07) is 0.701. The van der Waals surface area contributed by atoms with E-state index in [1.54, 1.807) is 0 Å². The maximum atomic E-state index is 6.38. The van der Waals surface area contributed by atoms with Gasteiger partial charge in [-0.25, -0.2) is 0 Å². The highest BCUT2D eigenvalue weighted by Crippen LogP contribution is 2.42. The van der Waals surface area contributed by atoms with Gasteiger partial charge in [0.15, 0.2) is 5.79 Å². The minimum atomic E-state index is -0.239. The van der Waals surface area contributed by atoms with E-state index in [-0.39, 0.29) is 11.9 Å². The van der Waals surface area contributed by atoms with Crippen molar-refractivity contribution in [3.63, 3.8) is 0 Å². The van der Waals surface area contributed by atoms with E-state index in [4.69, 9.17) is 9.47 Å². The summed E-state index contributed by atoms with van der Waals surface area (Å²) in [5, 5.41) is 3.74. The number of hydrogen-bond donors (Lipinski definition) is 1. The second kappa shape index (κ2) is 7.84. The molecule has 3 rings (SSSR count). The molecular formula is C20H37NO2. The molecule has 0 aromatic rings. The molecule has 0 aromatic carbocycles. The van der Waals surface area contributed by atoms with E-state index in [0.717, 1.165) is 43.7 Å². The fourth-order valence-electron chi connectivity index (χ4n) is 4.72. The molecule has 0 aromatic heterocycles. The summed E-state index contributed by atoms with van der Waals surface area (Å²) in [4.78, 5) is 0. The molecule has 1 heterocycles. The van der Waals surface area contributed by atoms with Crippen LogP contribution in [-0.4, -0.2) is 31.1 Å². The zero-order valence-corrected chi connectivity index (χ0v) is 15.5. The summed E-state index contributed by atoms with van der Waals surface area (Å²) < 4.78 is 12.5. The average molecular weight is 324 g/mol. The average Bonchev–Trinajstić information content (AvgIpc) is 2.97. The Morgan fingerprint density at radius 3 is 2.43 bits per heavy atom. The van der Waals surface area contributed by atoms with E-state index in [2.05, 4.69) is 26.1 Å². The fourth-order valence-corrected chi connectivity index (χ4v) is 4.72. The van der Waals surface area contributed by atoms with Crippen molar-refractivity contribution in [2.75, 3.05) is 13.2 Å². The first-order valence-electron chi connectivity index (χ1n) is 10.2. The van der Waals surface area contributed by atoms with Gasteiger partial charge in [-0.05, 0) is 56.3 Å². The van der Waals surface area contributed by atoms with Gasteiger partial charge in [0, 0.05) is 25.4 Å². The Bertz CT molecular complexity index is 357. The number of nitrogens with one attached hydrogen (secondary N) is 1. The molecule has 23 heavy (non-hydrogen) atoms. The van der Waals surface area contributed by atoms with Crippen molar-refractivity contribution < 1.29 is 9.47 Å². The van der Waals surface area contributed by atoms with E-state index in [1.165, 1.54) is 44.9 Å². The number of hydrogen-bond acceptors (Lipinski definition) is 3. The van der Waals surface area contributed by atoms with Gasteiger partial charge in [-0.2, -0.15) is 0 Å². The van der Waals surface area contributed by atoms with Gasteiger partial charge in [0.25, 0.3) is 0 Å². The summed E-state index contributed by atoms with van der Waals surface area (Å²) >= 11 is 0. The summed E-state index contributed by atoms with van der Waals surface area (Å²) in [6.45, 7) is 8.84. The lowest BCUT2D eigenvalue weighted by Gasteiger charge is -2.38. The SMILES string of the molecule is CCC(C)C1CCC2(CC1)OCC(CNC1CCC(C)CC1)O2. The molecule has 134 valence electrons. The molecule has 0 bridgehead atoms. The standard InChI is InChI=1S/C20H37NO2/c1-4-16(3)17-9-11-20(12-10-17)22-14-19(23-20)13-21-18-7-5-15(2)6-8-18/h15-19,21H,4-14H2,1-3H3. The van der Waals surface area contributed by atoms with Crippen molar-refractivity contribution in [1.82, 2.24) is 5.32 Å². The predicted molar refractivity (Wildman–Crippen MR) is 94.4 cm³/mol. The predicted octanol–water partition coefficient (Wildman–Crippen LogP) is 4.50.